The van der Waals surface area contributed by atoms with E-state index in [2.05, 4.69) is 4.99 Å². The van der Waals surface area contributed by atoms with Crippen molar-refractivity contribution < 1.29 is 4.39 Å². The van der Waals surface area contributed by atoms with Gasteiger partial charge in [-0.3, -0.25) is 4.99 Å². The highest BCUT2D eigenvalue weighted by atomic mass is 35.5. The van der Waals surface area contributed by atoms with E-state index in [-0.39, 0.29) is 5.02 Å². The van der Waals surface area contributed by atoms with Crippen LogP contribution < -0.4 is 5.73 Å². The molecule has 1 unspecified atom stereocenters. The number of aliphatic imine (C=N–C) groups is 1. The molecule has 18 heavy (non-hydrogen) atoms. The maximum Gasteiger partial charge on any atom is 0.192 e. The van der Waals surface area contributed by atoms with Crippen molar-refractivity contribution in [2.45, 2.75) is 19.4 Å². The third kappa shape index (κ3) is 1.93. The molecule has 1 aliphatic heterocycles. The van der Waals surface area contributed by atoms with Crippen LogP contribution in [0.15, 0.2) is 17.1 Å². The first-order valence-electron chi connectivity index (χ1n) is 5.62. The number of halogens is 3. The summed E-state index contributed by atoms with van der Waals surface area (Å²) in [6.45, 7) is 5.03. The highest BCUT2D eigenvalue weighted by Crippen LogP contribution is 2.38. The summed E-state index contributed by atoms with van der Waals surface area (Å²) in [7, 11) is 0. The Labute approximate surface area is 115 Å². The van der Waals surface area contributed by atoms with Gasteiger partial charge in [0.1, 0.15) is 5.82 Å². The van der Waals surface area contributed by atoms with Crippen LogP contribution in [-0.2, 0) is 5.54 Å². The molecular formula is C12H14Cl2FN3. The molecule has 3 nitrogen and oxygen atoms in total. The average molecular weight is 290 g/mol. The molecule has 0 bridgehead atoms. The van der Waals surface area contributed by atoms with Crippen molar-refractivity contribution in [1.29, 1.82) is 0 Å². The molecule has 1 aromatic rings. The van der Waals surface area contributed by atoms with E-state index in [4.69, 9.17) is 28.9 Å². The Morgan fingerprint density at radius 1 is 1.44 bits per heavy atom. The number of nitrogens with zero attached hydrogens (tertiary/aromatic N) is 2. The largest absolute Gasteiger partial charge is 0.370 e. The molecule has 0 aliphatic carbocycles. The fourth-order valence-electron chi connectivity index (χ4n) is 2.34. The first kappa shape index (κ1) is 13.4. The summed E-state index contributed by atoms with van der Waals surface area (Å²) in [5.41, 5.74) is 5.96. The van der Waals surface area contributed by atoms with Gasteiger partial charge in [0.05, 0.1) is 17.1 Å². The van der Waals surface area contributed by atoms with Crippen LogP contribution in [0.4, 0.5) is 4.39 Å². The maximum absolute atomic E-state index is 13.6. The SMILES string of the molecule is CCN1C(N)=NCC1(C)c1cc(F)c(Cl)cc1Cl. The quantitative estimate of drug-likeness (QED) is 0.851. The maximum atomic E-state index is 13.6. The Balaban J connectivity index is 2.52. The number of likely N-dealkylation sites (N-methyl/N-ethyl adjacent to an activating group) is 1. The van der Waals surface area contributed by atoms with E-state index < -0.39 is 11.4 Å². The summed E-state index contributed by atoms with van der Waals surface area (Å²) in [5, 5.41) is 0.439. The van der Waals surface area contributed by atoms with Gasteiger partial charge in [-0.25, -0.2) is 4.39 Å². The summed E-state index contributed by atoms with van der Waals surface area (Å²) in [4.78, 5) is 6.12. The number of rotatable bonds is 2. The van der Waals surface area contributed by atoms with E-state index in [1.165, 1.54) is 12.1 Å². The molecule has 0 radical (unpaired) electrons. The van der Waals surface area contributed by atoms with Crippen molar-refractivity contribution in [2.24, 2.45) is 10.7 Å². The van der Waals surface area contributed by atoms with Gasteiger partial charge in [0.25, 0.3) is 0 Å². The van der Waals surface area contributed by atoms with Gasteiger partial charge in [-0.1, -0.05) is 23.2 Å². The van der Waals surface area contributed by atoms with Crippen LogP contribution in [0.25, 0.3) is 0 Å². The van der Waals surface area contributed by atoms with Gasteiger partial charge in [-0.15, -0.1) is 0 Å². The van der Waals surface area contributed by atoms with Crippen LogP contribution in [0, 0.1) is 5.82 Å². The highest BCUT2D eigenvalue weighted by Gasteiger charge is 2.40. The smallest absolute Gasteiger partial charge is 0.192 e. The van der Waals surface area contributed by atoms with E-state index in [1.807, 2.05) is 18.7 Å². The minimum atomic E-state index is -0.526. The van der Waals surface area contributed by atoms with Crippen LogP contribution in [0.1, 0.15) is 19.4 Å². The molecule has 98 valence electrons. The summed E-state index contributed by atoms with van der Waals surface area (Å²) < 4.78 is 13.6. The highest BCUT2D eigenvalue weighted by molar-refractivity contribution is 6.35. The standard InChI is InChI=1S/C12H14Cl2FN3/c1-3-18-11(16)17-6-12(18,2)7-4-10(15)9(14)5-8(7)13/h4-5H,3,6H2,1-2H3,(H2,16,17). The van der Waals surface area contributed by atoms with E-state index in [1.54, 1.807) is 0 Å². The van der Waals surface area contributed by atoms with Crippen molar-refractivity contribution in [3.8, 4) is 0 Å². The second kappa shape index (κ2) is 4.59. The first-order valence-corrected chi connectivity index (χ1v) is 6.38. The third-order valence-corrected chi connectivity index (χ3v) is 3.93. The Kier molecular flexibility index (Phi) is 3.43. The average Bonchev–Trinajstić information content (AvgIpc) is 2.60. The number of guanidine groups is 1. The van der Waals surface area contributed by atoms with Crippen molar-refractivity contribution in [3.63, 3.8) is 0 Å². The first-order chi connectivity index (χ1) is 8.40. The number of nitrogens with two attached hydrogens (primary N) is 1. The monoisotopic (exact) mass is 289 g/mol. The topological polar surface area (TPSA) is 41.6 Å². The fourth-order valence-corrected chi connectivity index (χ4v) is 2.92. The van der Waals surface area contributed by atoms with Crippen LogP contribution in [0.2, 0.25) is 10.0 Å². The van der Waals surface area contributed by atoms with Gasteiger partial charge in [0.15, 0.2) is 5.96 Å². The Hall–Kier alpha value is -1.00. The van der Waals surface area contributed by atoms with Crippen LogP contribution in [0.5, 0.6) is 0 Å². The van der Waals surface area contributed by atoms with E-state index in [0.29, 0.717) is 29.6 Å². The molecule has 0 saturated heterocycles. The molecule has 0 spiro atoms. The molecule has 2 N–H and O–H groups in total. The van der Waals surface area contributed by atoms with Gasteiger partial charge in [-0.2, -0.15) is 0 Å². The summed E-state index contributed by atoms with van der Waals surface area (Å²) >= 11 is 11.9. The predicted octanol–water partition coefficient (Wildman–Crippen LogP) is 3.00. The van der Waals surface area contributed by atoms with Gasteiger partial charge in [0, 0.05) is 17.1 Å². The molecule has 0 saturated carbocycles. The van der Waals surface area contributed by atoms with Crippen LogP contribution >= 0.6 is 23.2 Å². The van der Waals surface area contributed by atoms with Crippen LogP contribution in [-0.4, -0.2) is 23.9 Å². The van der Waals surface area contributed by atoms with Crippen molar-refractivity contribution in [2.75, 3.05) is 13.1 Å². The normalized spacial score (nSPS) is 23.4. The summed E-state index contributed by atoms with van der Waals surface area (Å²) in [5.74, 6) is -0.0368. The van der Waals surface area contributed by atoms with Gasteiger partial charge in [-0.05, 0) is 26.0 Å². The van der Waals surface area contributed by atoms with Crippen molar-refractivity contribution in [1.82, 2.24) is 4.90 Å². The zero-order valence-electron chi connectivity index (χ0n) is 10.2. The van der Waals surface area contributed by atoms with Crippen LogP contribution in [0.3, 0.4) is 0 Å². The summed E-state index contributed by atoms with van der Waals surface area (Å²) in [6, 6.07) is 2.78. The molecule has 2 rings (SSSR count). The lowest BCUT2D eigenvalue weighted by Gasteiger charge is -2.36. The number of hydrogen-bond donors (Lipinski definition) is 1. The van der Waals surface area contributed by atoms with Gasteiger partial charge < -0.3 is 10.6 Å². The molecule has 1 atom stereocenters. The van der Waals surface area contributed by atoms with Crippen molar-refractivity contribution >= 4 is 29.2 Å². The van der Waals surface area contributed by atoms with E-state index >= 15 is 0 Å². The zero-order valence-corrected chi connectivity index (χ0v) is 11.7. The molecule has 1 aromatic carbocycles. The lowest BCUT2D eigenvalue weighted by molar-refractivity contribution is 0.234. The van der Waals surface area contributed by atoms with E-state index in [9.17, 15) is 4.39 Å². The second-order valence-corrected chi connectivity index (χ2v) is 5.25. The Morgan fingerprint density at radius 2 is 2.11 bits per heavy atom. The molecule has 1 heterocycles. The third-order valence-electron chi connectivity index (χ3n) is 3.33. The second-order valence-electron chi connectivity index (χ2n) is 4.44. The molecule has 0 amide bonds. The zero-order chi connectivity index (χ0) is 13.5. The number of benzene rings is 1. The minimum absolute atomic E-state index is 0.0160. The number of hydrogen-bond acceptors (Lipinski definition) is 3. The van der Waals surface area contributed by atoms with Gasteiger partial charge in [0.2, 0.25) is 0 Å². The molecule has 0 aromatic heterocycles. The molecule has 0 fully saturated rings. The Morgan fingerprint density at radius 3 is 2.72 bits per heavy atom. The lowest BCUT2D eigenvalue weighted by atomic mass is 9.91. The predicted molar refractivity (Wildman–Crippen MR) is 72.6 cm³/mol. The van der Waals surface area contributed by atoms with E-state index in [0.717, 1.165) is 0 Å². The van der Waals surface area contributed by atoms with Crippen molar-refractivity contribution in [3.05, 3.63) is 33.6 Å². The fraction of sp³-hybridized carbons (Fsp3) is 0.417. The minimum Gasteiger partial charge on any atom is -0.370 e. The molecule has 6 heteroatoms. The Bertz CT molecular complexity index is 518. The molecular weight excluding hydrogens is 276 g/mol. The lowest BCUT2D eigenvalue weighted by Crippen LogP contribution is -2.47. The summed E-state index contributed by atoms with van der Waals surface area (Å²) in [6.07, 6.45) is 0. The molecule has 1 aliphatic rings. The van der Waals surface area contributed by atoms with Gasteiger partial charge >= 0.3 is 0 Å².